The van der Waals surface area contributed by atoms with Gasteiger partial charge in [0.15, 0.2) is 11.6 Å². The number of nitrogens with one attached hydrogen (secondary N) is 1. The molecule has 0 bridgehead atoms. The number of aryl methyl sites for hydroxylation is 2. The predicted molar refractivity (Wildman–Crippen MR) is 137 cm³/mol. The Morgan fingerprint density at radius 2 is 1.81 bits per heavy atom. The van der Waals surface area contributed by atoms with Crippen molar-refractivity contribution in [3.05, 3.63) is 65.7 Å². The molecule has 4 aromatic rings. The molecule has 4 rings (SSSR count). The van der Waals surface area contributed by atoms with E-state index >= 15 is 0 Å². The van der Waals surface area contributed by atoms with E-state index in [0.717, 1.165) is 46.7 Å². The van der Waals surface area contributed by atoms with Crippen molar-refractivity contribution in [3.8, 4) is 22.5 Å². The molecular weight excluding hydrogens is 454 g/mol. The minimum absolute atomic E-state index is 0.409. The van der Waals surface area contributed by atoms with Gasteiger partial charge in [0.2, 0.25) is 0 Å². The third kappa shape index (κ3) is 6.41. The van der Waals surface area contributed by atoms with E-state index in [-0.39, 0.29) is 0 Å². The monoisotopic (exact) mass is 487 g/mol. The lowest BCUT2D eigenvalue weighted by Gasteiger charge is -2.09. The van der Waals surface area contributed by atoms with Gasteiger partial charge in [-0.15, -0.1) is 5.10 Å². The van der Waals surface area contributed by atoms with Gasteiger partial charge in [-0.25, -0.2) is 14.8 Å². The van der Waals surface area contributed by atoms with Crippen LogP contribution in [0.3, 0.4) is 0 Å². The Balaban J connectivity index is 1.51. The summed E-state index contributed by atoms with van der Waals surface area (Å²) in [6.07, 6.45) is 6.61. The van der Waals surface area contributed by atoms with Gasteiger partial charge < -0.3 is 5.11 Å². The second-order valence-corrected chi connectivity index (χ2v) is 9.18. The van der Waals surface area contributed by atoms with Gasteiger partial charge in [0.05, 0.1) is 12.5 Å². The summed E-state index contributed by atoms with van der Waals surface area (Å²) in [5, 5.41) is 28.3. The van der Waals surface area contributed by atoms with Crippen LogP contribution in [0.4, 0.5) is 0 Å². The summed E-state index contributed by atoms with van der Waals surface area (Å²) in [7, 11) is 0. The van der Waals surface area contributed by atoms with Crippen molar-refractivity contribution >= 4 is 5.97 Å². The number of aromatic nitrogens is 7. The maximum Gasteiger partial charge on any atom is 0.306 e. The van der Waals surface area contributed by atoms with Gasteiger partial charge >= 0.3 is 5.97 Å². The largest absolute Gasteiger partial charge is 0.481 e. The number of nitrogens with zero attached hydrogens (tertiary/aromatic N) is 6. The van der Waals surface area contributed by atoms with E-state index in [0.29, 0.717) is 25.2 Å². The van der Waals surface area contributed by atoms with Crippen LogP contribution in [-0.4, -0.2) is 46.5 Å². The van der Waals surface area contributed by atoms with Crippen molar-refractivity contribution in [2.24, 2.45) is 5.92 Å². The maximum atomic E-state index is 11.2. The van der Waals surface area contributed by atoms with Crippen molar-refractivity contribution in [1.82, 2.24) is 35.4 Å². The molecule has 2 heterocycles. The van der Waals surface area contributed by atoms with Gasteiger partial charge in [0.1, 0.15) is 5.82 Å². The number of carbonyl (C=O) groups is 1. The molecule has 9 nitrogen and oxygen atoms in total. The summed E-state index contributed by atoms with van der Waals surface area (Å²) in [6.45, 7) is 4.55. The van der Waals surface area contributed by atoms with E-state index in [4.69, 9.17) is 10.1 Å². The number of H-pyrrole nitrogens is 1. The zero-order valence-electron chi connectivity index (χ0n) is 20.9. The molecule has 2 aromatic carbocycles. The number of tetrazole rings is 1. The maximum absolute atomic E-state index is 11.2. The fraction of sp³-hybridized carbons (Fsp3) is 0.407. The number of carboxylic acid groups (broad SMARTS) is 1. The molecule has 0 fully saturated rings. The molecule has 0 aliphatic carbocycles. The smallest absolute Gasteiger partial charge is 0.306 e. The van der Waals surface area contributed by atoms with Gasteiger partial charge in [0.25, 0.3) is 0 Å². The summed E-state index contributed by atoms with van der Waals surface area (Å²) in [5.41, 5.74) is 4.20. The Morgan fingerprint density at radius 1 is 1.03 bits per heavy atom. The number of aromatic amines is 1. The van der Waals surface area contributed by atoms with Crippen molar-refractivity contribution in [2.45, 2.75) is 65.3 Å². The van der Waals surface area contributed by atoms with E-state index in [1.807, 2.05) is 22.9 Å². The van der Waals surface area contributed by atoms with E-state index in [1.54, 1.807) is 6.92 Å². The molecule has 1 unspecified atom stereocenters. The third-order valence-corrected chi connectivity index (χ3v) is 6.39. The summed E-state index contributed by atoms with van der Waals surface area (Å²) in [5.74, 6) is 1.13. The number of benzene rings is 2. The zero-order valence-corrected chi connectivity index (χ0v) is 20.9. The lowest BCUT2D eigenvalue weighted by molar-refractivity contribution is -0.141. The molecule has 0 aliphatic heterocycles. The fourth-order valence-corrected chi connectivity index (χ4v) is 4.20. The van der Waals surface area contributed by atoms with Crippen LogP contribution < -0.4 is 0 Å². The summed E-state index contributed by atoms with van der Waals surface area (Å²) in [4.78, 5) is 16.0. The van der Waals surface area contributed by atoms with Gasteiger partial charge in [-0.05, 0) is 40.0 Å². The molecule has 0 radical (unpaired) electrons. The van der Waals surface area contributed by atoms with Crippen LogP contribution in [0.25, 0.3) is 22.5 Å². The summed E-state index contributed by atoms with van der Waals surface area (Å²) >= 11 is 0. The van der Waals surface area contributed by atoms with E-state index in [9.17, 15) is 9.90 Å². The highest BCUT2D eigenvalue weighted by molar-refractivity contribution is 5.80. The van der Waals surface area contributed by atoms with Gasteiger partial charge in [-0.1, -0.05) is 81.6 Å². The molecule has 2 N–H and O–H groups in total. The highest BCUT2D eigenvalue weighted by Crippen LogP contribution is 2.29. The van der Waals surface area contributed by atoms with Crippen LogP contribution >= 0.6 is 0 Å². The lowest BCUT2D eigenvalue weighted by atomic mass is 9.98. The third-order valence-electron chi connectivity index (χ3n) is 6.39. The molecule has 0 amide bonds. The first kappa shape index (κ1) is 25.2. The minimum Gasteiger partial charge on any atom is -0.481 e. The molecule has 188 valence electrons. The normalized spacial score (nSPS) is 12.1. The summed E-state index contributed by atoms with van der Waals surface area (Å²) in [6, 6.07) is 16.5. The van der Waals surface area contributed by atoms with Crippen LogP contribution in [0.1, 0.15) is 63.2 Å². The first-order chi connectivity index (χ1) is 17.5. The predicted octanol–water partition coefficient (Wildman–Crippen LogP) is 4.95. The average molecular weight is 488 g/mol. The molecule has 0 saturated heterocycles. The Kier molecular flexibility index (Phi) is 8.54. The Labute approximate surface area is 211 Å². The standard InChI is InChI=1S/C27H33N7O2/c1-3-4-5-6-11-25-28-24(17-12-19(2)27(35)36)31-34(25)18-20-13-15-21(16-14-20)22-9-7-8-10-23(22)26-29-32-33-30-26/h7-10,13-16,19H,3-6,11-12,17-18H2,1-2H3,(H,35,36)(H,29,30,32,33). The van der Waals surface area contributed by atoms with Crippen LogP contribution in [0, 0.1) is 5.92 Å². The number of hydrogen-bond acceptors (Lipinski definition) is 6. The molecule has 1 atom stereocenters. The highest BCUT2D eigenvalue weighted by Gasteiger charge is 2.15. The minimum atomic E-state index is -0.782. The molecule has 0 aliphatic rings. The van der Waals surface area contributed by atoms with Crippen LogP contribution in [0.5, 0.6) is 0 Å². The van der Waals surface area contributed by atoms with Gasteiger partial charge in [-0.3, -0.25) is 4.79 Å². The molecule has 36 heavy (non-hydrogen) atoms. The van der Waals surface area contributed by atoms with Crippen LogP contribution in [0.15, 0.2) is 48.5 Å². The number of carboxylic acids is 1. The lowest BCUT2D eigenvalue weighted by Crippen LogP contribution is -2.11. The number of rotatable bonds is 13. The molecule has 0 spiro atoms. The van der Waals surface area contributed by atoms with Crippen molar-refractivity contribution in [2.75, 3.05) is 0 Å². The highest BCUT2D eigenvalue weighted by atomic mass is 16.4. The second-order valence-electron chi connectivity index (χ2n) is 9.18. The fourth-order valence-electron chi connectivity index (χ4n) is 4.20. The first-order valence-electron chi connectivity index (χ1n) is 12.6. The quantitative estimate of drug-likeness (QED) is 0.256. The molecule has 2 aromatic heterocycles. The zero-order chi connectivity index (χ0) is 25.3. The first-order valence-corrected chi connectivity index (χ1v) is 12.6. The van der Waals surface area contributed by atoms with Crippen LogP contribution in [0.2, 0.25) is 0 Å². The average Bonchev–Trinajstić information content (AvgIpc) is 3.56. The molecule has 9 heteroatoms. The topological polar surface area (TPSA) is 122 Å². The van der Waals surface area contributed by atoms with Gasteiger partial charge in [-0.2, -0.15) is 5.10 Å². The van der Waals surface area contributed by atoms with Crippen molar-refractivity contribution in [1.29, 1.82) is 0 Å². The Bertz CT molecular complexity index is 1250. The Morgan fingerprint density at radius 3 is 2.50 bits per heavy atom. The second kappa shape index (κ2) is 12.2. The molecular formula is C27H33N7O2. The van der Waals surface area contributed by atoms with E-state index in [2.05, 4.69) is 57.9 Å². The SMILES string of the molecule is CCCCCCc1nc(CCC(C)C(=O)O)nn1Cc1ccc(-c2ccccc2-c2nnn[nH]2)cc1. The summed E-state index contributed by atoms with van der Waals surface area (Å²) < 4.78 is 1.98. The number of unbranched alkanes of at least 4 members (excludes halogenated alkanes) is 3. The number of hydrogen-bond donors (Lipinski definition) is 2. The van der Waals surface area contributed by atoms with E-state index in [1.165, 1.54) is 19.3 Å². The van der Waals surface area contributed by atoms with Crippen molar-refractivity contribution in [3.63, 3.8) is 0 Å². The Hall–Kier alpha value is -3.88. The van der Waals surface area contributed by atoms with E-state index < -0.39 is 11.9 Å². The molecule has 0 saturated carbocycles. The van der Waals surface area contributed by atoms with Crippen LogP contribution in [-0.2, 0) is 24.2 Å². The number of aliphatic carboxylic acids is 1. The van der Waals surface area contributed by atoms with Crippen molar-refractivity contribution < 1.29 is 9.90 Å². The van der Waals surface area contributed by atoms with Gasteiger partial charge in [0, 0.05) is 18.4 Å².